The summed E-state index contributed by atoms with van der Waals surface area (Å²) in [5.74, 6) is 1.06. The molecule has 148 valence electrons. The zero-order chi connectivity index (χ0) is 20.6. The fourth-order valence-corrected chi connectivity index (χ4v) is 3.32. The van der Waals surface area contributed by atoms with Crippen molar-refractivity contribution in [3.05, 3.63) is 52.6 Å². The molecule has 5 nitrogen and oxygen atoms in total. The smallest absolute Gasteiger partial charge is 0.338 e. The summed E-state index contributed by atoms with van der Waals surface area (Å²) in [5.41, 5.74) is 3.59. The summed E-state index contributed by atoms with van der Waals surface area (Å²) in [4.78, 5) is 26.9. The van der Waals surface area contributed by atoms with Crippen molar-refractivity contribution in [1.29, 1.82) is 0 Å². The van der Waals surface area contributed by atoms with E-state index in [1.807, 2.05) is 6.07 Å². The van der Waals surface area contributed by atoms with Gasteiger partial charge in [0.25, 0.3) is 5.91 Å². The van der Waals surface area contributed by atoms with Crippen LogP contribution in [0.4, 0.5) is 5.69 Å². The van der Waals surface area contributed by atoms with E-state index < -0.39 is 5.97 Å². The molecule has 0 unspecified atom stereocenters. The van der Waals surface area contributed by atoms with Crippen LogP contribution in [0.1, 0.15) is 78.3 Å². The van der Waals surface area contributed by atoms with Gasteiger partial charge in [0.2, 0.25) is 0 Å². The highest BCUT2D eigenvalue weighted by molar-refractivity contribution is 6.10. The van der Waals surface area contributed by atoms with Crippen LogP contribution in [0.2, 0.25) is 0 Å². The first-order valence-electron chi connectivity index (χ1n) is 9.69. The fourth-order valence-electron chi connectivity index (χ4n) is 3.32. The second-order valence-corrected chi connectivity index (χ2v) is 7.67. The van der Waals surface area contributed by atoms with Crippen LogP contribution in [-0.4, -0.2) is 25.5 Å². The number of ether oxygens (including phenoxy) is 2. The molecule has 0 fully saturated rings. The number of carbonyl (C=O) groups excluding carboxylic acids is 2. The lowest BCUT2D eigenvalue weighted by Gasteiger charge is -2.19. The van der Waals surface area contributed by atoms with Gasteiger partial charge in [0.15, 0.2) is 5.75 Å². The minimum absolute atomic E-state index is 0.154. The number of amides is 1. The summed E-state index contributed by atoms with van der Waals surface area (Å²) in [6.45, 7) is 10.5. The SMILES string of the molecule is CCOC(=O)c1ccc2c(c1)N(C)C(=O)c1cc(C(C)C)cc(C(C)C)c1O2. The summed E-state index contributed by atoms with van der Waals surface area (Å²) in [6.07, 6.45) is 0. The van der Waals surface area contributed by atoms with Crippen molar-refractivity contribution in [2.24, 2.45) is 0 Å². The highest BCUT2D eigenvalue weighted by Crippen LogP contribution is 2.43. The third-order valence-corrected chi connectivity index (χ3v) is 5.01. The van der Waals surface area contributed by atoms with E-state index in [1.165, 1.54) is 4.90 Å². The topological polar surface area (TPSA) is 55.8 Å². The molecule has 1 heterocycles. The van der Waals surface area contributed by atoms with Gasteiger partial charge in [-0.25, -0.2) is 4.79 Å². The standard InChI is InChI=1S/C23H27NO4/c1-7-27-23(26)15-8-9-20-19(12-15)24(6)22(25)18-11-16(13(2)3)10-17(14(4)5)21(18)28-20/h8-14H,7H2,1-6H3. The molecule has 0 spiro atoms. The average Bonchev–Trinajstić information content (AvgIpc) is 2.76. The molecule has 28 heavy (non-hydrogen) atoms. The van der Waals surface area contributed by atoms with Crippen LogP contribution < -0.4 is 9.64 Å². The largest absolute Gasteiger partial charge is 0.462 e. The van der Waals surface area contributed by atoms with Crippen LogP contribution in [0.15, 0.2) is 30.3 Å². The third kappa shape index (κ3) is 3.49. The summed E-state index contributed by atoms with van der Waals surface area (Å²) >= 11 is 0. The van der Waals surface area contributed by atoms with E-state index in [0.717, 1.165) is 11.1 Å². The zero-order valence-corrected chi connectivity index (χ0v) is 17.3. The van der Waals surface area contributed by atoms with Crippen LogP contribution in [0.5, 0.6) is 11.5 Å². The molecule has 0 bridgehead atoms. The molecule has 0 radical (unpaired) electrons. The Kier molecular flexibility index (Phi) is 5.45. The predicted octanol–water partition coefficient (Wildman–Crippen LogP) is 5.49. The number of hydrogen-bond acceptors (Lipinski definition) is 4. The first kappa shape index (κ1) is 19.9. The molecule has 0 aromatic heterocycles. The number of fused-ring (bicyclic) bond motifs is 2. The number of esters is 1. The minimum atomic E-state index is -0.419. The molecule has 0 saturated heterocycles. The van der Waals surface area contributed by atoms with Gasteiger partial charge in [0.05, 0.1) is 23.4 Å². The van der Waals surface area contributed by atoms with Crippen molar-refractivity contribution < 1.29 is 19.1 Å². The minimum Gasteiger partial charge on any atom is -0.462 e. The molecule has 1 aliphatic rings. The molecule has 3 rings (SSSR count). The van der Waals surface area contributed by atoms with Crippen LogP contribution in [-0.2, 0) is 4.74 Å². The Balaban J connectivity index is 2.17. The summed E-state index contributed by atoms with van der Waals surface area (Å²) < 4.78 is 11.3. The van der Waals surface area contributed by atoms with E-state index in [-0.39, 0.29) is 11.8 Å². The maximum absolute atomic E-state index is 13.3. The molecule has 2 aromatic rings. The number of nitrogens with zero attached hydrogens (tertiary/aromatic N) is 1. The number of rotatable bonds is 4. The highest BCUT2D eigenvalue weighted by atomic mass is 16.5. The molecular formula is C23H27NO4. The van der Waals surface area contributed by atoms with Crippen LogP contribution >= 0.6 is 0 Å². The van der Waals surface area contributed by atoms with Gasteiger partial charge in [-0.15, -0.1) is 0 Å². The number of anilines is 1. The number of benzene rings is 2. The normalized spacial score (nSPS) is 13.1. The van der Waals surface area contributed by atoms with Gasteiger partial charge in [-0.3, -0.25) is 4.79 Å². The Morgan fingerprint density at radius 2 is 1.82 bits per heavy atom. The van der Waals surface area contributed by atoms with Crippen molar-refractivity contribution in [2.45, 2.75) is 46.5 Å². The van der Waals surface area contributed by atoms with E-state index in [2.05, 4.69) is 33.8 Å². The van der Waals surface area contributed by atoms with E-state index in [1.54, 1.807) is 32.2 Å². The Bertz CT molecular complexity index is 930. The van der Waals surface area contributed by atoms with Crippen LogP contribution in [0.3, 0.4) is 0 Å². The Labute approximate surface area is 166 Å². The average molecular weight is 381 g/mol. The van der Waals surface area contributed by atoms with Gasteiger partial charge >= 0.3 is 5.97 Å². The van der Waals surface area contributed by atoms with Gasteiger partial charge in [0, 0.05) is 7.05 Å². The number of carbonyl (C=O) groups is 2. The molecular weight excluding hydrogens is 354 g/mol. The van der Waals surface area contributed by atoms with Gasteiger partial charge in [-0.1, -0.05) is 33.8 Å². The molecule has 5 heteroatoms. The monoisotopic (exact) mass is 381 g/mol. The second-order valence-electron chi connectivity index (χ2n) is 7.67. The van der Waals surface area contributed by atoms with Gasteiger partial charge in [-0.2, -0.15) is 0 Å². The van der Waals surface area contributed by atoms with Crippen LogP contribution in [0, 0.1) is 0 Å². The van der Waals surface area contributed by atoms with E-state index in [4.69, 9.17) is 9.47 Å². The van der Waals surface area contributed by atoms with Crippen LogP contribution in [0.25, 0.3) is 0 Å². The summed E-state index contributed by atoms with van der Waals surface area (Å²) in [6, 6.07) is 9.08. The van der Waals surface area contributed by atoms with E-state index in [0.29, 0.717) is 40.8 Å². The zero-order valence-electron chi connectivity index (χ0n) is 17.3. The Hall–Kier alpha value is -2.82. The Morgan fingerprint density at radius 3 is 2.43 bits per heavy atom. The lowest BCUT2D eigenvalue weighted by atomic mass is 9.91. The van der Waals surface area contributed by atoms with E-state index in [9.17, 15) is 9.59 Å². The van der Waals surface area contributed by atoms with Crippen molar-refractivity contribution in [1.82, 2.24) is 0 Å². The van der Waals surface area contributed by atoms with Crippen molar-refractivity contribution in [3.63, 3.8) is 0 Å². The third-order valence-electron chi connectivity index (χ3n) is 5.01. The molecule has 1 aliphatic heterocycles. The lowest BCUT2D eigenvalue weighted by Crippen LogP contribution is -2.26. The quantitative estimate of drug-likeness (QED) is 0.657. The summed E-state index contributed by atoms with van der Waals surface area (Å²) in [7, 11) is 1.70. The fraction of sp³-hybridized carbons (Fsp3) is 0.391. The molecule has 2 aromatic carbocycles. The van der Waals surface area contributed by atoms with Gasteiger partial charge in [0.1, 0.15) is 5.75 Å². The molecule has 1 amide bonds. The van der Waals surface area contributed by atoms with Gasteiger partial charge < -0.3 is 14.4 Å². The maximum Gasteiger partial charge on any atom is 0.338 e. The van der Waals surface area contributed by atoms with Crippen molar-refractivity contribution >= 4 is 17.6 Å². The van der Waals surface area contributed by atoms with E-state index >= 15 is 0 Å². The molecule has 0 saturated carbocycles. The maximum atomic E-state index is 13.3. The first-order valence-corrected chi connectivity index (χ1v) is 9.69. The van der Waals surface area contributed by atoms with Crippen molar-refractivity contribution in [2.75, 3.05) is 18.6 Å². The molecule has 0 aliphatic carbocycles. The Morgan fingerprint density at radius 1 is 1.11 bits per heavy atom. The number of hydrogen-bond donors (Lipinski definition) is 0. The van der Waals surface area contributed by atoms with Crippen molar-refractivity contribution in [3.8, 4) is 11.5 Å². The highest BCUT2D eigenvalue weighted by Gasteiger charge is 2.30. The molecule has 0 N–H and O–H groups in total. The molecule has 0 atom stereocenters. The summed E-state index contributed by atoms with van der Waals surface area (Å²) in [5, 5.41) is 0. The first-order chi connectivity index (χ1) is 13.2. The lowest BCUT2D eigenvalue weighted by molar-refractivity contribution is 0.0526. The predicted molar refractivity (Wildman–Crippen MR) is 110 cm³/mol. The van der Waals surface area contributed by atoms with Gasteiger partial charge in [-0.05, 0) is 54.2 Å². The second kappa shape index (κ2) is 7.66.